The second kappa shape index (κ2) is 10.4. The van der Waals surface area contributed by atoms with Crippen LogP contribution in [-0.2, 0) is 0 Å². The van der Waals surface area contributed by atoms with Gasteiger partial charge in [-0.15, -0.1) is 0 Å². The van der Waals surface area contributed by atoms with E-state index in [1.807, 2.05) is 121 Å². The Morgan fingerprint density at radius 3 is 1.17 bits per heavy atom. The van der Waals surface area contributed by atoms with Crippen LogP contribution in [0.1, 0.15) is 0 Å². The molecule has 0 atom stereocenters. The Balaban J connectivity index is 1.29. The van der Waals surface area contributed by atoms with Gasteiger partial charge in [-0.1, -0.05) is 48.5 Å². The van der Waals surface area contributed by atoms with Crippen LogP contribution in [0.2, 0.25) is 0 Å². The third-order valence-corrected chi connectivity index (χ3v) is 5.03. The maximum Gasteiger partial charge on any atom is 0.169 e. The van der Waals surface area contributed by atoms with Crippen molar-refractivity contribution in [1.82, 2.24) is 0 Å². The van der Waals surface area contributed by atoms with Crippen molar-refractivity contribution in [2.75, 3.05) is 5.73 Å². The molecule has 172 valence electrons. The number of nitrogens with two attached hydrogens (primary N) is 1. The third-order valence-electron chi connectivity index (χ3n) is 5.03. The Bertz CT molecular complexity index is 1400. The molecule has 0 heterocycles. The van der Waals surface area contributed by atoms with Crippen LogP contribution in [0.15, 0.2) is 127 Å². The number of ether oxygens (including phenoxy) is 4. The average molecular weight is 462 g/mol. The van der Waals surface area contributed by atoms with E-state index in [2.05, 4.69) is 0 Å². The monoisotopic (exact) mass is 461 g/mol. The lowest BCUT2D eigenvalue weighted by Crippen LogP contribution is -1.92. The molecule has 2 N–H and O–H groups in total. The van der Waals surface area contributed by atoms with Gasteiger partial charge in [0.2, 0.25) is 0 Å². The summed E-state index contributed by atoms with van der Waals surface area (Å²) in [6.07, 6.45) is 0. The van der Waals surface area contributed by atoms with Gasteiger partial charge in [0.15, 0.2) is 23.0 Å². The van der Waals surface area contributed by atoms with Gasteiger partial charge in [0.25, 0.3) is 0 Å². The first-order chi connectivity index (χ1) is 17.2. The van der Waals surface area contributed by atoms with E-state index in [9.17, 15) is 0 Å². The minimum absolute atomic E-state index is 0.588. The van der Waals surface area contributed by atoms with Gasteiger partial charge in [0.05, 0.1) is 0 Å². The third kappa shape index (κ3) is 5.72. The van der Waals surface area contributed by atoms with Crippen molar-refractivity contribution in [3.8, 4) is 46.0 Å². The van der Waals surface area contributed by atoms with E-state index >= 15 is 0 Å². The van der Waals surface area contributed by atoms with Crippen molar-refractivity contribution < 1.29 is 18.9 Å². The van der Waals surface area contributed by atoms with Crippen LogP contribution in [-0.4, -0.2) is 0 Å². The highest BCUT2D eigenvalue weighted by atomic mass is 16.5. The van der Waals surface area contributed by atoms with Gasteiger partial charge in [-0.3, -0.25) is 0 Å². The molecular weight excluding hydrogens is 438 g/mol. The van der Waals surface area contributed by atoms with Crippen molar-refractivity contribution in [2.45, 2.75) is 0 Å². The molecule has 5 aromatic carbocycles. The van der Waals surface area contributed by atoms with E-state index in [0.717, 1.165) is 5.75 Å². The Kier molecular flexibility index (Phi) is 6.49. The fraction of sp³-hybridized carbons (Fsp3) is 0. The molecular formula is C30H23NO4. The molecule has 0 aliphatic carbocycles. The molecule has 0 aromatic heterocycles. The summed E-state index contributed by atoms with van der Waals surface area (Å²) in [5.41, 5.74) is 6.49. The summed E-state index contributed by atoms with van der Waals surface area (Å²) in [4.78, 5) is 0. The molecule has 5 rings (SSSR count). The first kappa shape index (κ1) is 21.9. The van der Waals surface area contributed by atoms with Crippen LogP contribution in [0.3, 0.4) is 0 Å². The topological polar surface area (TPSA) is 62.9 Å². The lowest BCUT2D eigenvalue weighted by atomic mass is 10.3. The Hall–Kier alpha value is -4.90. The van der Waals surface area contributed by atoms with Crippen molar-refractivity contribution in [3.63, 3.8) is 0 Å². The molecule has 0 bridgehead atoms. The standard InChI is InChI=1S/C30H23NO4/c31-22-9-8-12-26(21-22)35-30-16-7-6-15-29(30)34-25-19-17-24(18-20-25)33-28-14-5-4-13-27(28)32-23-10-2-1-3-11-23/h1-21H,31H2. The first-order valence-electron chi connectivity index (χ1n) is 11.1. The normalized spacial score (nSPS) is 10.4. The van der Waals surface area contributed by atoms with Crippen LogP contribution in [0.5, 0.6) is 46.0 Å². The van der Waals surface area contributed by atoms with E-state index in [-0.39, 0.29) is 0 Å². The number of hydrogen-bond donors (Lipinski definition) is 1. The summed E-state index contributed by atoms with van der Waals surface area (Å²) >= 11 is 0. The van der Waals surface area contributed by atoms with Crippen LogP contribution < -0.4 is 24.7 Å². The summed E-state index contributed by atoms with van der Waals surface area (Å²) < 4.78 is 24.1. The molecule has 0 saturated heterocycles. The van der Waals surface area contributed by atoms with Gasteiger partial charge in [0, 0.05) is 11.8 Å². The van der Waals surface area contributed by atoms with Gasteiger partial charge in [0.1, 0.15) is 23.0 Å². The summed E-state index contributed by atoms with van der Waals surface area (Å²) in [6.45, 7) is 0. The fourth-order valence-electron chi connectivity index (χ4n) is 3.39. The van der Waals surface area contributed by atoms with Gasteiger partial charge >= 0.3 is 0 Å². The largest absolute Gasteiger partial charge is 0.453 e. The van der Waals surface area contributed by atoms with Crippen molar-refractivity contribution in [2.24, 2.45) is 0 Å². The smallest absolute Gasteiger partial charge is 0.169 e. The van der Waals surface area contributed by atoms with Gasteiger partial charge in [-0.2, -0.15) is 0 Å². The van der Waals surface area contributed by atoms with Crippen LogP contribution in [0.25, 0.3) is 0 Å². The minimum atomic E-state index is 0.588. The molecule has 0 unspecified atom stereocenters. The van der Waals surface area contributed by atoms with Gasteiger partial charge in [-0.05, 0) is 72.8 Å². The molecule has 35 heavy (non-hydrogen) atoms. The zero-order valence-corrected chi connectivity index (χ0v) is 18.8. The maximum absolute atomic E-state index is 6.08. The summed E-state index contributed by atoms with van der Waals surface area (Å²) in [5, 5.41) is 0. The molecule has 5 aromatic rings. The first-order valence-corrected chi connectivity index (χ1v) is 11.1. The molecule has 0 amide bonds. The van der Waals surface area contributed by atoms with E-state index in [4.69, 9.17) is 24.7 Å². The predicted molar refractivity (Wildman–Crippen MR) is 137 cm³/mol. The minimum Gasteiger partial charge on any atom is -0.453 e. The lowest BCUT2D eigenvalue weighted by Gasteiger charge is -2.14. The Morgan fingerprint density at radius 2 is 0.714 bits per heavy atom. The van der Waals surface area contributed by atoms with E-state index in [1.165, 1.54) is 0 Å². The quantitative estimate of drug-likeness (QED) is 0.235. The van der Waals surface area contributed by atoms with E-state index in [1.54, 1.807) is 6.07 Å². The molecule has 5 nitrogen and oxygen atoms in total. The summed E-state index contributed by atoms with van der Waals surface area (Å²) in [7, 11) is 0. The highest BCUT2D eigenvalue weighted by molar-refractivity contribution is 5.50. The molecule has 0 aliphatic rings. The highest BCUT2D eigenvalue weighted by Gasteiger charge is 2.10. The molecule has 0 radical (unpaired) electrons. The van der Waals surface area contributed by atoms with Crippen LogP contribution >= 0.6 is 0 Å². The molecule has 0 aliphatic heterocycles. The van der Waals surface area contributed by atoms with Gasteiger partial charge in [-0.25, -0.2) is 0 Å². The fourth-order valence-corrected chi connectivity index (χ4v) is 3.39. The molecule has 0 spiro atoms. The number of nitrogen functional groups attached to an aromatic ring is 1. The number of anilines is 1. The summed E-state index contributed by atoms with van der Waals surface area (Å²) in [5.74, 6) is 5.11. The lowest BCUT2D eigenvalue weighted by molar-refractivity contribution is 0.413. The number of benzene rings is 5. The highest BCUT2D eigenvalue weighted by Crippen LogP contribution is 2.37. The molecule has 0 fully saturated rings. The van der Waals surface area contributed by atoms with Crippen molar-refractivity contribution in [3.05, 3.63) is 127 Å². The predicted octanol–water partition coefficient (Wildman–Crippen LogP) is 8.44. The number of rotatable bonds is 8. The van der Waals surface area contributed by atoms with Crippen LogP contribution in [0, 0.1) is 0 Å². The average Bonchev–Trinajstić information content (AvgIpc) is 2.88. The second-order valence-electron chi connectivity index (χ2n) is 7.66. The van der Waals surface area contributed by atoms with E-state index < -0.39 is 0 Å². The van der Waals surface area contributed by atoms with Crippen LogP contribution in [0.4, 0.5) is 5.69 Å². The number of para-hydroxylation sites is 5. The summed E-state index contributed by atoms with van der Waals surface area (Å²) in [6, 6.07) is 39.3. The molecule has 5 heteroatoms. The van der Waals surface area contributed by atoms with Crippen molar-refractivity contribution in [1.29, 1.82) is 0 Å². The SMILES string of the molecule is Nc1cccc(Oc2ccccc2Oc2ccc(Oc3ccccc3Oc3ccccc3)cc2)c1. The zero-order chi connectivity index (χ0) is 23.9. The zero-order valence-electron chi connectivity index (χ0n) is 18.8. The van der Waals surface area contributed by atoms with Crippen molar-refractivity contribution >= 4 is 5.69 Å². The molecule has 0 saturated carbocycles. The van der Waals surface area contributed by atoms with Gasteiger partial charge < -0.3 is 24.7 Å². The number of hydrogen-bond acceptors (Lipinski definition) is 5. The Morgan fingerprint density at radius 1 is 0.343 bits per heavy atom. The van der Waals surface area contributed by atoms with E-state index in [0.29, 0.717) is 45.9 Å². The second-order valence-corrected chi connectivity index (χ2v) is 7.66. The maximum atomic E-state index is 6.08. The Labute approximate surface area is 203 Å².